The Balaban J connectivity index is 2.13. The maximum Gasteiger partial charge on any atom is 0.291 e. The van der Waals surface area contributed by atoms with E-state index in [4.69, 9.17) is 5.14 Å². The van der Waals surface area contributed by atoms with Gasteiger partial charge in [0.15, 0.2) is 0 Å². The van der Waals surface area contributed by atoms with Gasteiger partial charge in [0, 0.05) is 12.0 Å². The molecule has 0 saturated heterocycles. The molecule has 3 rings (SSSR count). The first kappa shape index (κ1) is 20.8. The third-order valence-electron chi connectivity index (χ3n) is 4.30. The number of halogens is 3. The molecule has 0 radical (unpaired) electrons. The quantitative estimate of drug-likeness (QED) is 0.575. The normalized spacial score (nSPS) is 12.1. The average Bonchev–Trinajstić information content (AvgIpc) is 3.13. The number of nitrogens with two attached hydrogens (primary N) is 1. The fraction of sp³-hybridized carbons (Fsp3) is 0.150. The molecule has 152 valence electrons. The van der Waals surface area contributed by atoms with Crippen molar-refractivity contribution < 1.29 is 21.6 Å². The van der Waals surface area contributed by atoms with E-state index >= 15 is 0 Å². The summed E-state index contributed by atoms with van der Waals surface area (Å²) in [5.41, 5.74) is 0.679. The summed E-state index contributed by atoms with van der Waals surface area (Å²) in [5.74, 6) is -3.66. The van der Waals surface area contributed by atoms with Crippen LogP contribution in [-0.2, 0) is 15.9 Å². The van der Waals surface area contributed by atoms with Crippen LogP contribution in [-0.4, -0.2) is 18.2 Å². The van der Waals surface area contributed by atoms with E-state index in [9.17, 15) is 21.6 Å². The van der Waals surface area contributed by atoms with Crippen molar-refractivity contribution in [3.05, 3.63) is 78.8 Å². The van der Waals surface area contributed by atoms with E-state index in [1.165, 1.54) is 65.4 Å². The number of benzene rings is 2. The Morgan fingerprint density at radius 2 is 1.72 bits per heavy atom. The van der Waals surface area contributed by atoms with Gasteiger partial charge in [0.05, 0.1) is 16.3 Å². The summed E-state index contributed by atoms with van der Waals surface area (Å²) in [5, 5.41) is 9.15. The molecule has 2 N–H and O–H groups in total. The number of aromatic nitrogens is 2. The smallest absolute Gasteiger partial charge is 0.233 e. The van der Waals surface area contributed by atoms with Crippen LogP contribution in [0.2, 0.25) is 0 Å². The van der Waals surface area contributed by atoms with E-state index < -0.39 is 33.9 Å². The van der Waals surface area contributed by atoms with Crippen LogP contribution in [0.1, 0.15) is 18.5 Å². The Morgan fingerprint density at radius 1 is 1.10 bits per heavy atom. The van der Waals surface area contributed by atoms with Crippen LogP contribution in [0.5, 0.6) is 0 Å². The second-order valence-corrected chi connectivity index (χ2v) is 7.97. The van der Waals surface area contributed by atoms with Gasteiger partial charge < -0.3 is 0 Å². The topological polar surface area (TPSA) is 78.0 Å². The Kier molecular flexibility index (Phi) is 5.63. The predicted octanol–water partition coefficient (Wildman–Crippen LogP) is 4.38. The largest absolute Gasteiger partial charge is 0.291 e. The van der Waals surface area contributed by atoms with Gasteiger partial charge >= 0.3 is 0 Å². The zero-order valence-electron chi connectivity index (χ0n) is 15.2. The zero-order chi connectivity index (χ0) is 21.2. The Hall–Kier alpha value is -2.91. The lowest BCUT2D eigenvalue weighted by Gasteiger charge is -2.12. The molecule has 2 aromatic carbocycles. The highest BCUT2D eigenvalue weighted by Crippen LogP contribution is 2.35. The number of alkyl halides is 2. The molecule has 5 nitrogen and oxygen atoms in total. The number of sulfonamides is 1. The van der Waals surface area contributed by atoms with Gasteiger partial charge in [-0.2, -0.15) is 13.9 Å². The number of nitrogens with zero attached hydrogens (tertiary/aromatic N) is 2. The number of allylic oxidation sites excluding steroid dienone is 1. The minimum Gasteiger partial charge on any atom is -0.233 e. The highest BCUT2D eigenvalue weighted by molar-refractivity contribution is 7.89. The van der Waals surface area contributed by atoms with E-state index in [0.29, 0.717) is 16.9 Å². The number of hydrogen-bond acceptors (Lipinski definition) is 3. The summed E-state index contributed by atoms with van der Waals surface area (Å²) in [6, 6.07) is 11.9. The minimum absolute atomic E-state index is 0.106. The van der Waals surface area contributed by atoms with Crippen molar-refractivity contribution in [3.8, 4) is 16.9 Å². The van der Waals surface area contributed by atoms with Gasteiger partial charge in [-0.05, 0) is 61.0 Å². The van der Waals surface area contributed by atoms with Gasteiger partial charge in [-0.15, -0.1) is 6.58 Å². The summed E-state index contributed by atoms with van der Waals surface area (Å²) < 4.78 is 66.6. The lowest BCUT2D eigenvalue weighted by molar-refractivity contribution is -0.0170. The first-order valence-corrected chi connectivity index (χ1v) is 10.1. The molecule has 0 aliphatic heterocycles. The second kappa shape index (κ2) is 7.84. The summed E-state index contributed by atoms with van der Waals surface area (Å²) in [7, 11) is -3.90. The van der Waals surface area contributed by atoms with E-state index in [1.54, 1.807) is 0 Å². The molecular formula is C20H18F3N3O2S. The molecule has 0 unspecified atom stereocenters. The van der Waals surface area contributed by atoms with Crippen LogP contribution in [0.3, 0.4) is 0 Å². The van der Waals surface area contributed by atoms with Crippen molar-refractivity contribution in [2.75, 3.05) is 0 Å². The van der Waals surface area contributed by atoms with Crippen LogP contribution in [0, 0.1) is 5.82 Å². The van der Waals surface area contributed by atoms with E-state index in [-0.39, 0.29) is 11.3 Å². The molecule has 1 aromatic heterocycles. The van der Waals surface area contributed by atoms with Crippen molar-refractivity contribution in [3.63, 3.8) is 0 Å². The van der Waals surface area contributed by atoms with Crippen LogP contribution < -0.4 is 5.14 Å². The van der Waals surface area contributed by atoms with Gasteiger partial charge in [0.25, 0.3) is 5.92 Å². The molecule has 0 bridgehead atoms. The van der Waals surface area contributed by atoms with Crippen molar-refractivity contribution in [1.29, 1.82) is 0 Å². The maximum atomic E-state index is 14.6. The fourth-order valence-corrected chi connectivity index (χ4v) is 3.29. The van der Waals surface area contributed by atoms with Crippen LogP contribution in [0.25, 0.3) is 16.9 Å². The molecule has 9 heteroatoms. The number of hydrogen-bond donors (Lipinski definition) is 1. The number of primary sulfonamides is 1. The van der Waals surface area contributed by atoms with Crippen molar-refractivity contribution in [1.82, 2.24) is 9.78 Å². The molecule has 0 spiro atoms. The standard InChI is InChI=1S/C20H18F3N3O2S/c1-2-3-12-20(22,23)19-13-18(14-4-6-15(21)7-5-14)26(25-19)16-8-10-17(11-9-16)29(24,27)28/h2,4-11,13H,1,3,12H2,(H2,24,27,28). The summed E-state index contributed by atoms with van der Waals surface area (Å²) in [6.07, 6.45) is 1.05. The van der Waals surface area contributed by atoms with Crippen LogP contribution >= 0.6 is 0 Å². The first-order valence-electron chi connectivity index (χ1n) is 8.60. The van der Waals surface area contributed by atoms with Crippen LogP contribution in [0.4, 0.5) is 13.2 Å². The molecule has 0 aliphatic carbocycles. The highest BCUT2D eigenvalue weighted by atomic mass is 32.2. The molecule has 0 aliphatic rings. The molecule has 0 atom stereocenters. The molecule has 3 aromatic rings. The lowest BCUT2D eigenvalue weighted by Crippen LogP contribution is -2.14. The number of rotatable bonds is 7. The second-order valence-electron chi connectivity index (χ2n) is 6.40. The van der Waals surface area contributed by atoms with E-state index in [0.717, 1.165) is 0 Å². The Bertz CT molecular complexity index is 1120. The van der Waals surface area contributed by atoms with Crippen molar-refractivity contribution in [2.24, 2.45) is 5.14 Å². The third-order valence-corrected chi connectivity index (χ3v) is 5.23. The maximum absolute atomic E-state index is 14.6. The monoisotopic (exact) mass is 421 g/mol. The van der Waals surface area contributed by atoms with Crippen LogP contribution in [0.15, 0.2) is 72.1 Å². The highest BCUT2D eigenvalue weighted by Gasteiger charge is 2.34. The van der Waals surface area contributed by atoms with Gasteiger partial charge in [-0.25, -0.2) is 22.6 Å². The van der Waals surface area contributed by atoms with Crippen molar-refractivity contribution >= 4 is 10.0 Å². The van der Waals surface area contributed by atoms with Gasteiger partial charge in [-0.3, -0.25) is 0 Å². The molecule has 0 fully saturated rings. The Labute approximate surface area is 166 Å². The SMILES string of the molecule is C=CCCC(F)(F)c1cc(-c2ccc(F)cc2)n(-c2ccc(S(N)(=O)=O)cc2)n1. The zero-order valence-corrected chi connectivity index (χ0v) is 16.0. The van der Waals surface area contributed by atoms with Gasteiger partial charge in [0.2, 0.25) is 10.0 Å². The molecule has 29 heavy (non-hydrogen) atoms. The minimum atomic E-state index is -3.90. The molecule has 0 amide bonds. The fourth-order valence-electron chi connectivity index (χ4n) is 2.77. The molecule has 0 saturated carbocycles. The van der Waals surface area contributed by atoms with E-state index in [1.807, 2.05) is 0 Å². The van der Waals surface area contributed by atoms with Gasteiger partial charge in [0.1, 0.15) is 11.5 Å². The lowest BCUT2D eigenvalue weighted by atomic mass is 10.1. The summed E-state index contributed by atoms with van der Waals surface area (Å²) >= 11 is 0. The molecular weight excluding hydrogens is 403 g/mol. The summed E-state index contributed by atoms with van der Waals surface area (Å²) in [6.45, 7) is 3.46. The average molecular weight is 421 g/mol. The third kappa shape index (κ3) is 4.57. The Morgan fingerprint density at radius 3 is 2.28 bits per heavy atom. The van der Waals surface area contributed by atoms with Crippen molar-refractivity contribution in [2.45, 2.75) is 23.7 Å². The first-order chi connectivity index (χ1) is 13.6. The predicted molar refractivity (Wildman–Crippen MR) is 104 cm³/mol. The molecule has 1 heterocycles. The summed E-state index contributed by atoms with van der Waals surface area (Å²) in [4.78, 5) is -0.117. The van der Waals surface area contributed by atoms with E-state index in [2.05, 4.69) is 11.7 Å². The van der Waals surface area contributed by atoms with Gasteiger partial charge in [-0.1, -0.05) is 6.08 Å².